The summed E-state index contributed by atoms with van der Waals surface area (Å²) in [6.45, 7) is -0.0159. The first-order valence-corrected chi connectivity index (χ1v) is 11.2. The third-order valence-corrected chi connectivity index (χ3v) is 6.69. The molecule has 1 unspecified atom stereocenters. The summed E-state index contributed by atoms with van der Waals surface area (Å²) in [6.07, 6.45) is 2.41. The summed E-state index contributed by atoms with van der Waals surface area (Å²) in [6, 6.07) is 11.1. The van der Waals surface area contributed by atoms with Gasteiger partial charge in [-0.25, -0.2) is 4.39 Å². The van der Waals surface area contributed by atoms with Crippen molar-refractivity contribution in [2.24, 2.45) is 5.92 Å². The molecular weight excluding hydrogens is 472 g/mol. The first-order valence-electron chi connectivity index (χ1n) is 10.5. The summed E-state index contributed by atoms with van der Waals surface area (Å²) in [5.74, 6) is 1.56. The number of nitrogens with one attached hydrogen (secondary N) is 1. The minimum atomic E-state index is -0.592. The van der Waals surface area contributed by atoms with Crippen LogP contribution in [0.1, 0.15) is 36.9 Å². The van der Waals surface area contributed by atoms with E-state index in [9.17, 15) is 9.18 Å². The lowest BCUT2D eigenvalue weighted by Crippen LogP contribution is -2.53. The van der Waals surface area contributed by atoms with E-state index in [1.807, 2.05) is 0 Å². The molecule has 0 saturated heterocycles. The van der Waals surface area contributed by atoms with Crippen LogP contribution in [0.25, 0.3) is 0 Å². The number of amides is 1. The highest BCUT2D eigenvalue weighted by Gasteiger charge is 2.58. The molecule has 7 nitrogen and oxygen atoms in total. The van der Waals surface area contributed by atoms with Gasteiger partial charge in [0.05, 0.1) is 5.02 Å². The summed E-state index contributed by atoms with van der Waals surface area (Å²) in [4.78, 5) is 16.9. The Hall–Kier alpha value is -2.84. The Kier molecular flexibility index (Phi) is 5.88. The van der Waals surface area contributed by atoms with Crippen molar-refractivity contribution in [2.75, 3.05) is 6.61 Å². The van der Waals surface area contributed by atoms with E-state index in [-0.39, 0.29) is 41.3 Å². The normalized spacial score (nSPS) is 23.1. The molecule has 1 aromatic heterocycles. The van der Waals surface area contributed by atoms with Crippen LogP contribution in [-0.4, -0.2) is 28.2 Å². The molecular formula is C23H20Cl2FN3O4. The van der Waals surface area contributed by atoms with Crippen molar-refractivity contribution in [3.05, 3.63) is 70.0 Å². The Morgan fingerprint density at radius 2 is 1.88 bits per heavy atom. The quantitative estimate of drug-likeness (QED) is 0.480. The molecule has 2 aromatic carbocycles. The van der Waals surface area contributed by atoms with Gasteiger partial charge in [0.25, 0.3) is 5.91 Å². The fourth-order valence-corrected chi connectivity index (χ4v) is 4.87. The minimum Gasteiger partial charge on any atom is -0.485 e. The number of aromatic nitrogens is 2. The van der Waals surface area contributed by atoms with Crippen LogP contribution in [-0.2, 0) is 11.4 Å². The van der Waals surface area contributed by atoms with Crippen molar-refractivity contribution < 1.29 is 23.2 Å². The average Bonchev–Trinajstić information content (AvgIpc) is 3.47. The van der Waals surface area contributed by atoms with Gasteiger partial charge >= 0.3 is 0 Å². The maximum atomic E-state index is 13.5. The maximum Gasteiger partial charge on any atom is 0.258 e. The van der Waals surface area contributed by atoms with Gasteiger partial charge in [0, 0.05) is 22.5 Å². The number of ether oxygens (including phenoxy) is 2. The highest BCUT2D eigenvalue weighted by Crippen LogP contribution is 2.59. The largest absolute Gasteiger partial charge is 0.485 e. The SMILES string of the molecule is O=C(COc1ccc(Cl)c(F)c1)NC12CC(C1)C(c1nc(COc3ccc(Cl)cc3)no1)C2. The van der Waals surface area contributed by atoms with Crippen molar-refractivity contribution in [3.8, 4) is 11.5 Å². The third-order valence-electron chi connectivity index (χ3n) is 6.13. The molecule has 3 aliphatic carbocycles. The van der Waals surface area contributed by atoms with Crippen molar-refractivity contribution >= 4 is 29.1 Å². The van der Waals surface area contributed by atoms with Crippen LogP contribution in [0.5, 0.6) is 11.5 Å². The molecule has 0 aliphatic heterocycles. The molecule has 33 heavy (non-hydrogen) atoms. The monoisotopic (exact) mass is 491 g/mol. The number of carbonyl (C=O) groups is 1. The van der Waals surface area contributed by atoms with Crippen LogP contribution in [0.2, 0.25) is 10.0 Å². The van der Waals surface area contributed by atoms with Gasteiger partial charge in [0.15, 0.2) is 13.2 Å². The molecule has 3 aliphatic rings. The smallest absolute Gasteiger partial charge is 0.258 e. The molecule has 3 fully saturated rings. The van der Waals surface area contributed by atoms with E-state index >= 15 is 0 Å². The van der Waals surface area contributed by atoms with Crippen LogP contribution in [0, 0.1) is 11.7 Å². The standard InChI is InChI=1S/C23H20Cl2FN3O4/c24-14-1-3-15(4-2-14)31-11-20-27-22(33-29-20)17-10-23(8-13(17)9-23)28-21(30)12-32-16-5-6-18(25)19(26)7-16/h1-7,13,17H,8-12H2,(H,28,30). The predicted molar refractivity (Wildman–Crippen MR) is 118 cm³/mol. The number of benzene rings is 2. The number of hydrogen-bond acceptors (Lipinski definition) is 6. The van der Waals surface area contributed by atoms with E-state index in [2.05, 4.69) is 15.5 Å². The minimum absolute atomic E-state index is 0.00363. The lowest BCUT2D eigenvalue weighted by atomic mass is 9.76. The zero-order valence-corrected chi connectivity index (χ0v) is 18.9. The molecule has 3 saturated carbocycles. The van der Waals surface area contributed by atoms with Gasteiger partial charge in [-0.1, -0.05) is 28.4 Å². The first-order chi connectivity index (χ1) is 15.9. The van der Waals surface area contributed by atoms with Gasteiger partial charge in [-0.2, -0.15) is 4.98 Å². The Bertz CT molecular complexity index is 1160. The van der Waals surface area contributed by atoms with Crippen molar-refractivity contribution in [1.82, 2.24) is 15.5 Å². The van der Waals surface area contributed by atoms with Gasteiger partial charge in [-0.05, 0) is 61.6 Å². The summed E-state index contributed by atoms with van der Waals surface area (Å²) in [7, 11) is 0. The molecule has 3 aromatic rings. The van der Waals surface area contributed by atoms with E-state index < -0.39 is 5.82 Å². The molecule has 0 radical (unpaired) electrons. The van der Waals surface area contributed by atoms with Crippen molar-refractivity contribution in [1.29, 1.82) is 0 Å². The molecule has 1 amide bonds. The molecule has 172 valence electrons. The fraction of sp³-hybridized carbons (Fsp3) is 0.348. The van der Waals surface area contributed by atoms with E-state index in [1.54, 1.807) is 24.3 Å². The van der Waals surface area contributed by atoms with Crippen LogP contribution >= 0.6 is 23.2 Å². The highest BCUT2D eigenvalue weighted by molar-refractivity contribution is 6.30. The van der Waals surface area contributed by atoms with Crippen LogP contribution in [0.4, 0.5) is 4.39 Å². The molecule has 2 bridgehead atoms. The van der Waals surface area contributed by atoms with E-state index in [0.29, 0.717) is 28.4 Å². The second-order valence-electron chi connectivity index (χ2n) is 8.46. The number of fused-ring (bicyclic) bond motifs is 1. The van der Waals surface area contributed by atoms with E-state index in [0.717, 1.165) is 25.3 Å². The van der Waals surface area contributed by atoms with Gasteiger partial charge in [0.1, 0.15) is 17.3 Å². The zero-order valence-electron chi connectivity index (χ0n) is 17.4. The zero-order chi connectivity index (χ0) is 23.0. The van der Waals surface area contributed by atoms with Gasteiger partial charge < -0.3 is 19.3 Å². The molecule has 0 spiro atoms. The van der Waals surface area contributed by atoms with E-state index in [1.165, 1.54) is 12.1 Å². The molecule has 1 atom stereocenters. The average molecular weight is 492 g/mol. The maximum absolute atomic E-state index is 13.5. The predicted octanol–water partition coefficient (Wildman–Crippen LogP) is 4.93. The lowest BCUT2D eigenvalue weighted by molar-refractivity contribution is -0.125. The Labute approximate surface area is 199 Å². The second kappa shape index (κ2) is 8.83. The Morgan fingerprint density at radius 3 is 2.64 bits per heavy atom. The highest BCUT2D eigenvalue weighted by atomic mass is 35.5. The molecule has 1 heterocycles. The molecule has 10 heteroatoms. The first kappa shape index (κ1) is 22.0. The summed E-state index contributed by atoms with van der Waals surface area (Å²) < 4.78 is 30.0. The van der Waals surface area contributed by atoms with Crippen LogP contribution in [0.15, 0.2) is 47.0 Å². The van der Waals surface area contributed by atoms with Gasteiger partial charge in [-0.3, -0.25) is 4.79 Å². The number of carbonyl (C=O) groups excluding carboxylic acids is 1. The Balaban J connectivity index is 1.12. The van der Waals surface area contributed by atoms with Crippen molar-refractivity contribution in [2.45, 2.75) is 37.3 Å². The fourth-order valence-electron chi connectivity index (χ4n) is 4.63. The number of hydrogen-bond donors (Lipinski definition) is 1. The number of halogens is 3. The topological polar surface area (TPSA) is 86.5 Å². The summed E-state index contributed by atoms with van der Waals surface area (Å²) in [5.41, 5.74) is -0.296. The number of rotatable bonds is 8. The lowest BCUT2D eigenvalue weighted by Gasteiger charge is -2.39. The van der Waals surface area contributed by atoms with E-state index in [4.69, 9.17) is 37.2 Å². The third kappa shape index (κ3) is 4.77. The summed E-state index contributed by atoms with van der Waals surface area (Å²) >= 11 is 11.5. The molecule has 1 N–H and O–H groups in total. The van der Waals surface area contributed by atoms with Gasteiger partial charge in [0.2, 0.25) is 11.7 Å². The molecule has 6 rings (SSSR count). The second-order valence-corrected chi connectivity index (χ2v) is 9.31. The number of nitrogens with zero attached hydrogens (tertiary/aromatic N) is 2. The summed E-state index contributed by atoms with van der Waals surface area (Å²) in [5, 5.41) is 7.73. The van der Waals surface area contributed by atoms with Crippen LogP contribution < -0.4 is 14.8 Å². The van der Waals surface area contributed by atoms with Gasteiger partial charge in [-0.15, -0.1) is 0 Å². The van der Waals surface area contributed by atoms with Crippen molar-refractivity contribution in [3.63, 3.8) is 0 Å². The van der Waals surface area contributed by atoms with Crippen LogP contribution in [0.3, 0.4) is 0 Å². The Morgan fingerprint density at radius 1 is 1.12 bits per heavy atom.